The maximum absolute atomic E-state index is 9.45. The van der Waals surface area contributed by atoms with Gasteiger partial charge < -0.3 is 15.2 Å². The van der Waals surface area contributed by atoms with Crippen LogP contribution in [0.5, 0.6) is 5.75 Å². The largest absolute Gasteiger partial charge is 0.496 e. The standard InChI is InChI=1S/C14H21NO2/c1-17-14-5-3-2-4-11(14)10-15-12-6-8-13(16)9-7-12/h2-5,12-13,15-16H,6-10H2,1H3. The maximum Gasteiger partial charge on any atom is 0.123 e. The first-order valence-electron chi connectivity index (χ1n) is 6.33. The molecule has 0 aromatic heterocycles. The Kier molecular flexibility index (Phi) is 4.40. The van der Waals surface area contributed by atoms with Crippen LogP contribution in [0.1, 0.15) is 31.2 Å². The lowest BCUT2D eigenvalue weighted by Gasteiger charge is -2.26. The number of methoxy groups -OCH3 is 1. The molecule has 1 aliphatic carbocycles. The van der Waals surface area contributed by atoms with E-state index in [1.54, 1.807) is 7.11 Å². The molecule has 0 heterocycles. The Bertz CT molecular complexity index is 346. The van der Waals surface area contributed by atoms with E-state index in [-0.39, 0.29) is 6.10 Å². The van der Waals surface area contributed by atoms with Crippen LogP contribution in [0.4, 0.5) is 0 Å². The van der Waals surface area contributed by atoms with Gasteiger partial charge in [0.05, 0.1) is 13.2 Å². The molecular weight excluding hydrogens is 214 g/mol. The summed E-state index contributed by atoms with van der Waals surface area (Å²) in [5.74, 6) is 0.941. The van der Waals surface area contributed by atoms with Gasteiger partial charge in [0.2, 0.25) is 0 Å². The van der Waals surface area contributed by atoms with Gasteiger partial charge in [0.25, 0.3) is 0 Å². The molecule has 3 nitrogen and oxygen atoms in total. The lowest BCUT2D eigenvalue weighted by molar-refractivity contribution is 0.116. The Morgan fingerprint density at radius 1 is 1.24 bits per heavy atom. The molecule has 0 bridgehead atoms. The van der Waals surface area contributed by atoms with Crippen molar-refractivity contribution in [3.8, 4) is 5.75 Å². The molecule has 94 valence electrons. The Morgan fingerprint density at radius 2 is 1.94 bits per heavy atom. The van der Waals surface area contributed by atoms with E-state index in [4.69, 9.17) is 4.74 Å². The second-order valence-electron chi connectivity index (χ2n) is 4.70. The maximum atomic E-state index is 9.45. The Balaban J connectivity index is 1.85. The van der Waals surface area contributed by atoms with Gasteiger partial charge in [0, 0.05) is 18.2 Å². The number of hydrogen-bond donors (Lipinski definition) is 2. The van der Waals surface area contributed by atoms with Gasteiger partial charge in [0.1, 0.15) is 5.75 Å². The second-order valence-corrected chi connectivity index (χ2v) is 4.70. The number of aliphatic hydroxyl groups excluding tert-OH is 1. The zero-order valence-corrected chi connectivity index (χ0v) is 10.4. The summed E-state index contributed by atoms with van der Waals surface area (Å²) >= 11 is 0. The summed E-state index contributed by atoms with van der Waals surface area (Å²) in [6.45, 7) is 0.838. The number of nitrogens with one attached hydrogen (secondary N) is 1. The highest BCUT2D eigenvalue weighted by atomic mass is 16.5. The predicted octanol–water partition coefficient (Wildman–Crippen LogP) is 2.09. The van der Waals surface area contributed by atoms with Gasteiger partial charge in [-0.15, -0.1) is 0 Å². The van der Waals surface area contributed by atoms with Crippen molar-refractivity contribution >= 4 is 0 Å². The summed E-state index contributed by atoms with van der Waals surface area (Å²) in [4.78, 5) is 0. The first-order valence-corrected chi connectivity index (χ1v) is 6.33. The lowest BCUT2D eigenvalue weighted by Crippen LogP contribution is -2.34. The zero-order valence-electron chi connectivity index (χ0n) is 10.4. The number of para-hydroxylation sites is 1. The molecule has 2 N–H and O–H groups in total. The summed E-state index contributed by atoms with van der Waals surface area (Å²) in [6, 6.07) is 8.62. The SMILES string of the molecule is COc1ccccc1CNC1CCC(O)CC1. The van der Waals surface area contributed by atoms with Crippen LogP contribution in [-0.2, 0) is 6.54 Å². The number of ether oxygens (including phenoxy) is 1. The van der Waals surface area contributed by atoms with E-state index >= 15 is 0 Å². The molecule has 0 saturated heterocycles. The molecule has 1 aromatic rings. The molecule has 1 aliphatic rings. The van der Waals surface area contributed by atoms with E-state index in [9.17, 15) is 5.11 Å². The molecule has 0 unspecified atom stereocenters. The minimum Gasteiger partial charge on any atom is -0.496 e. The van der Waals surface area contributed by atoms with E-state index in [2.05, 4.69) is 11.4 Å². The van der Waals surface area contributed by atoms with Gasteiger partial charge in [-0.3, -0.25) is 0 Å². The molecule has 17 heavy (non-hydrogen) atoms. The number of aliphatic hydroxyl groups is 1. The molecule has 1 saturated carbocycles. The highest BCUT2D eigenvalue weighted by Crippen LogP contribution is 2.21. The number of rotatable bonds is 4. The van der Waals surface area contributed by atoms with Crippen LogP contribution in [-0.4, -0.2) is 24.4 Å². The van der Waals surface area contributed by atoms with Crippen LogP contribution < -0.4 is 10.1 Å². The molecule has 0 aliphatic heterocycles. The highest BCUT2D eigenvalue weighted by Gasteiger charge is 2.18. The monoisotopic (exact) mass is 235 g/mol. The zero-order chi connectivity index (χ0) is 12.1. The molecular formula is C14H21NO2. The van der Waals surface area contributed by atoms with E-state index in [1.165, 1.54) is 5.56 Å². The summed E-state index contributed by atoms with van der Waals surface area (Å²) < 4.78 is 5.32. The molecule has 0 amide bonds. The minimum absolute atomic E-state index is 0.0840. The van der Waals surface area contributed by atoms with Crippen molar-refractivity contribution in [2.45, 2.75) is 44.4 Å². The topological polar surface area (TPSA) is 41.5 Å². The van der Waals surface area contributed by atoms with Gasteiger partial charge in [-0.2, -0.15) is 0 Å². The molecule has 1 fully saturated rings. The van der Waals surface area contributed by atoms with Crippen LogP contribution >= 0.6 is 0 Å². The summed E-state index contributed by atoms with van der Waals surface area (Å²) in [6.07, 6.45) is 3.89. The average Bonchev–Trinajstić information content (AvgIpc) is 2.38. The van der Waals surface area contributed by atoms with Crippen LogP contribution in [0.15, 0.2) is 24.3 Å². The molecule has 0 spiro atoms. The van der Waals surface area contributed by atoms with Gasteiger partial charge in [0.15, 0.2) is 0 Å². The fourth-order valence-corrected chi connectivity index (χ4v) is 2.38. The molecule has 2 rings (SSSR count). The Labute approximate surface area is 103 Å². The van der Waals surface area contributed by atoms with Gasteiger partial charge in [-0.1, -0.05) is 18.2 Å². The summed E-state index contributed by atoms with van der Waals surface area (Å²) in [5.41, 5.74) is 1.20. The predicted molar refractivity (Wildman–Crippen MR) is 68.1 cm³/mol. The van der Waals surface area contributed by atoms with Crippen molar-refractivity contribution in [2.24, 2.45) is 0 Å². The second kappa shape index (κ2) is 6.03. The Morgan fingerprint density at radius 3 is 2.65 bits per heavy atom. The van der Waals surface area contributed by atoms with E-state index < -0.39 is 0 Å². The normalized spacial score (nSPS) is 24.6. The van der Waals surface area contributed by atoms with Crippen molar-refractivity contribution in [1.29, 1.82) is 0 Å². The number of hydrogen-bond acceptors (Lipinski definition) is 3. The minimum atomic E-state index is -0.0840. The molecule has 0 radical (unpaired) electrons. The quantitative estimate of drug-likeness (QED) is 0.839. The fraction of sp³-hybridized carbons (Fsp3) is 0.571. The van der Waals surface area contributed by atoms with E-state index in [0.717, 1.165) is 38.0 Å². The van der Waals surface area contributed by atoms with Crippen LogP contribution in [0.2, 0.25) is 0 Å². The summed E-state index contributed by atoms with van der Waals surface area (Å²) in [7, 11) is 1.70. The van der Waals surface area contributed by atoms with Crippen molar-refractivity contribution in [1.82, 2.24) is 5.32 Å². The van der Waals surface area contributed by atoms with Gasteiger partial charge >= 0.3 is 0 Å². The highest BCUT2D eigenvalue weighted by molar-refractivity contribution is 5.33. The molecule has 1 aromatic carbocycles. The van der Waals surface area contributed by atoms with E-state index in [0.29, 0.717) is 6.04 Å². The third-order valence-electron chi connectivity index (χ3n) is 3.47. The van der Waals surface area contributed by atoms with Crippen molar-refractivity contribution < 1.29 is 9.84 Å². The smallest absolute Gasteiger partial charge is 0.123 e. The lowest BCUT2D eigenvalue weighted by atomic mass is 9.93. The van der Waals surface area contributed by atoms with Crippen molar-refractivity contribution in [2.75, 3.05) is 7.11 Å². The van der Waals surface area contributed by atoms with Crippen LogP contribution in [0.25, 0.3) is 0 Å². The van der Waals surface area contributed by atoms with E-state index in [1.807, 2.05) is 18.2 Å². The third kappa shape index (κ3) is 3.45. The van der Waals surface area contributed by atoms with Gasteiger partial charge in [-0.25, -0.2) is 0 Å². The Hall–Kier alpha value is -1.06. The van der Waals surface area contributed by atoms with Crippen molar-refractivity contribution in [3.63, 3.8) is 0 Å². The molecule has 3 heteroatoms. The molecule has 0 atom stereocenters. The third-order valence-corrected chi connectivity index (χ3v) is 3.47. The fourth-order valence-electron chi connectivity index (χ4n) is 2.38. The average molecular weight is 235 g/mol. The number of benzene rings is 1. The van der Waals surface area contributed by atoms with Crippen LogP contribution in [0.3, 0.4) is 0 Å². The van der Waals surface area contributed by atoms with Crippen molar-refractivity contribution in [3.05, 3.63) is 29.8 Å². The first-order chi connectivity index (χ1) is 8.29. The van der Waals surface area contributed by atoms with Crippen LogP contribution in [0, 0.1) is 0 Å². The first kappa shape index (κ1) is 12.4. The summed E-state index contributed by atoms with van der Waals surface area (Å²) in [5, 5.41) is 13.0. The van der Waals surface area contributed by atoms with Gasteiger partial charge in [-0.05, 0) is 31.7 Å².